The van der Waals surface area contributed by atoms with Crippen molar-refractivity contribution in [1.82, 2.24) is 0 Å². The molecule has 0 heterocycles. The van der Waals surface area contributed by atoms with Gasteiger partial charge in [-0.3, -0.25) is 0 Å². The van der Waals surface area contributed by atoms with Crippen molar-refractivity contribution in [2.24, 2.45) is 0 Å². The van der Waals surface area contributed by atoms with Crippen molar-refractivity contribution >= 4 is 11.6 Å². The lowest BCUT2D eigenvalue weighted by Gasteiger charge is -2.24. The number of para-hydroxylation sites is 3. The normalized spacial score (nSPS) is 12.3. The third-order valence-electron chi connectivity index (χ3n) is 9.32. The van der Waals surface area contributed by atoms with Gasteiger partial charge < -0.3 is 18.9 Å². The Morgan fingerprint density at radius 3 is 1.22 bits per heavy atom. The third kappa shape index (κ3) is 8.56. The topological polar surface area (TPSA) is 36.9 Å². The van der Waals surface area contributed by atoms with E-state index in [1.165, 1.54) is 5.56 Å². The quantitative estimate of drug-likeness (QED) is 0.120. The molecular formula is C46H51ClO4. The minimum Gasteiger partial charge on any atom is -0.493 e. The Morgan fingerprint density at radius 2 is 0.804 bits per heavy atom. The van der Waals surface area contributed by atoms with Crippen molar-refractivity contribution in [2.75, 3.05) is 26.4 Å². The summed E-state index contributed by atoms with van der Waals surface area (Å²) >= 11 is 6.60. The predicted octanol–water partition coefficient (Wildman–Crippen LogP) is 11.8. The van der Waals surface area contributed by atoms with Crippen LogP contribution in [-0.2, 0) is 25.7 Å². The fourth-order valence-corrected chi connectivity index (χ4v) is 7.22. The van der Waals surface area contributed by atoms with Gasteiger partial charge in [0.25, 0.3) is 0 Å². The third-order valence-corrected chi connectivity index (χ3v) is 9.56. The molecule has 0 aliphatic heterocycles. The monoisotopic (exact) mass is 702 g/mol. The van der Waals surface area contributed by atoms with E-state index in [1.807, 2.05) is 18.2 Å². The van der Waals surface area contributed by atoms with Crippen LogP contribution in [-0.4, -0.2) is 26.4 Å². The van der Waals surface area contributed by atoms with E-state index in [0.29, 0.717) is 57.1 Å². The fraction of sp³-hybridized carbons (Fsp3) is 0.348. The minimum atomic E-state index is 0.618. The zero-order chi connectivity index (χ0) is 35.6. The molecule has 0 N–H and O–H groups in total. The van der Waals surface area contributed by atoms with Gasteiger partial charge in [-0.2, -0.15) is 0 Å². The van der Waals surface area contributed by atoms with Gasteiger partial charge in [0.1, 0.15) is 23.0 Å². The van der Waals surface area contributed by atoms with Gasteiger partial charge in [-0.05, 0) is 87.9 Å². The molecule has 0 radical (unpaired) electrons. The summed E-state index contributed by atoms with van der Waals surface area (Å²) < 4.78 is 26.7. The van der Waals surface area contributed by atoms with E-state index < -0.39 is 0 Å². The number of ether oxygens (including phenoxy) is 4. The van der Waals surface area contributed by atoms with E-state index in [0.717, 1.165) is 98.8 Å². The molecule has 0 fully saturated rings. The van der Waals surface area contributed by atoms with Crippen molar-refractivity contribution in [3.8, 4) is 34.1 Å². The summed E-state index contributed by atoms with van der Waals surface area (Å²) in [4.78, 5) is 0. The molecule has 5 aromatic carbocycles. The summed E-state index contributed by atoms with van der Waals surface area (Å²) in [6.45, 7) is 11.2. The lowest BCUT2D eigenvalue weighted by atomic mass is 9.88. The standard InChI is InChI=1S/C46H51ClO4/c1-5-23-48-43-33-14-9-15-35(43)28-36-18-11-19-38(45(36)50-25-7-3)31-42-41(32-13-12-20-40(47)30-32)22-21-39(46(42)51-26-8-4)29-37-17-10-16-34(27-33)44(37)49-24-6-2/h9-22,30H,5-8,23-29,31H2,1-4H3. The molecule has 6 rings (SSSR count). The molecule has 51 heavy (non-hydrogen) atoms. The smallest absolute Gasteiger partial charge is 0.126 e. The molecule has 0 saturated carbocycles. The molecule has 0 saturated heterocycles. The highest BCUT2D eigenvalue weighted by atomic mass is 35.5. The largest absolute Gasteiger partial charge is 0.493 e. The average molecular weight is 703 g/mol. The number of halogens is 1. The minimum absolute atomic E-state index is 0.618. The number of hydrogen-bond donors (Lipinski definition) is 0. The number of hydrogen-bond acceptors (Lipinski definition) is 4. The molecule has 0 atom stereocenters. The summed E-state index contributed by atoms with van der Waals surface area (Å²) in [5.74, 6) is 3.80. The highest BCUT2D eigenvalue weighted by molar-refractivity contribution is 6.30. The van der Waals surface area contributed by atoms with Crippen molar-refractivity contribution in [3.63, 3.8) is 0 Å². The first kappa shape index (κ1) is 36.4. The van der Waals surface area contributed by atoms with Crippen LogP contribution in [0.2, 0.25) is 5.02 Å². The Bertz CT molecular complexity index is 1930. The second-order valence-corrected chi connectivity index (χ2v) is 13.8. The van der Waals surface area contributed by atoms with Crippen LogP contribution in [0.1, 0.15) is 97.9 Å². The highest BCUT2D eigenvalue weighted by Crippen LogP contribution is 2.42. The molecule has 0 amide bonds. The van der Waals surface area contributed by atoms with Crippen molar-refractivity contribution < 1.29 is 18.9 Å². The molecule has 0 spiro atoms. The molecule has 8 bridgehead atoms. The summed E-state index contributed by atoms with van der Waals surface area (Å²) in [6, 6.07) is 32.3. The van der Waals surface area contributed by atoms with Crippen LogP contribution in [0.4, 0.5) is 0 Å². The summed E-state index contributed by atoms with van der Waals surface area (Å²) in [7, 11) is 0. The molecule has 5 heteroatoms. The van der Waals surface area contributed by atoms with Crippen LogP contribution >= 0.6 is 11.6 Å². The Balaban J connectivity index is 1.64. The van der Waals surface area contributed by atoms with Gasteiger partial charge in [-0.25, -0.2) is 0 Å². The molecular weight excluding hydrogens is 652 g/mol. The van der Waals surface area contributed by atoms with Crippen molar-refractivity contribution in [1.29, 1.82) is 0 Å². The van der Waals surface area contributed by atoms with Crippen LogP contribution in [0.25, 0.3) is 11.1 Å². The van der Waals surface area contributed by atoms with Crippen LogP contribution in [0.5, 0.6) is 23.0 Å². The van der Waals surface area contributed by atoms with Gasteiger partial charge in [0.2, 0.25) is 0 Å². The highest BCUT2D eigenvalue weighted by Gasteiger charge is 2.23. The van der Waals surface area contributed by atoms with E-state index in [1.54, 1.807) is 0 Å². The van der Waals surface area contributed by atoms with Crippen LogP contribution < -0.4 is 18.9 Å². The van der Waals surface area contributed by atoms with Crippen molar-refractivity contribution in [2.45, 2.75) is 79.1 Å². The number of benzene rings is 5. The van der Waals surface area contributed by atoms with E-state index in [-0.39, 0.29) is 0 Å². The SMILES string of the molecule is CCCOc1c2cccc1Cc1cccc(c1OCCC)Cc1c(-c3cccc(Cl)c3)ccc(c1OCCC)Cc1cccc(c1OCCC)C2. The van der Waals surface area contributed by atoms with E-state index in [4.69, 9.17) is 30.5 Å². The first-order chi connectivity index (χ1) is 25.0. The summed E-state index contributed by atoms with van der Waals surface area (Å²) in [6.07, 6.45) is 6.40. The summed E-state index contributed by atoms with van der Waals surface area (Å²) in [5.41, 5.74) is 11.4. The average Bonchev–Trinajstić information content (AvgIpc) is 3.13. The Hall–Kier alpha value is -4.41. The lowest BCUT2D eigenvalue weighted by molar-refractivity contribution is 0.305. The van der Waals surface area contributed by atoms with Crippen LogP contribution in [0, 0.1) is 0 Å². The number of fused-ring (bicyclic) bond motifs is 8. The first-order valence-corrected chi connectivity index (χ1v) is 19.2. The van der Waals surface area contributed by atoms with E-state index >= 15 is 0 Å². The maximum absolute atomic E-state index is 6.80. The van der Waals surface area contributed by atoms with Gasteiger partial charge in [0.15, 0.2) is 0 Å². The Labute approximate surface area is 309 Å². The van der Waals surface area contributed by atoms with Crippen molar-refractivity contribution in [3.05, 3.63) is 141 Å². The van der Waals surface area contributed by atoms with Crippen LogP contribution in [0.15, 0.2) is 91.0 Å². The second kappa shape index (κ2) is 17.7. The fourth-order valence-electron chi connectivity index (χ4n) is 7.03. The molecule has 0 aromatic heterocycles. The van der Waals surface area contributed by atoms with Gasteiger partial charge in [-0.1, -0.05) is 118 Å². The second-order valence-electron chi connectivity index (χ2n) is 13.4. The zero-order valence-electron chi connectivity index (χ0n) is 30.7. The summed E-state index contributed by atoms with van der Waals surface area (Å²) in [5, 5.41) is 0.708. The van der Waals surface area contributed by atoms with Gasteiger partial charge in [0, 0.05) is 36.3 Å². The Morgan fingerprint density at radius 1 is 0.431 bits per heavy atom. The number of rotatable bonds is 13. The Kier molecular flexibility index (Phi) is 12.6. The van der Waals surface area contributed by atoms with Gasteiger partial charge in [-0.15, -0.1) is 0 Å². The maximum atomic E-state index is 6.80. The van der Waals surface area contributed by atoms with E-state index in [2.05, 4.69) is 100 Å². The molecule has 5 aromatic rings. The van der Waals surface area contributed by atoms with E-state index in [9.17, 15) is 0 Å². The lowest BCUT2D eigenvalue weighted by Crippen LogP contribution is -2.10. The molecule has 1 aliphatic carbocycles. The first-order valence-electron chi connectivity index (χ1n) is 18.8. The molecule has 0 unspecified atom stereocenters. The predicted molar refractivity (Wildman–Crippen MR) is 211 cm³/mol. The van der Waals surface area contributed by atoms with Gasteiger partial charge in [0.05, 0.1) is 26.4 Å². The maximum Gasteiger partial charge on any atom is 0.126 e. The zero-order valence-corrected chi connectivity index (χ0v) is 31.4. The molecule has 1 aliphatic rings. The van der Waals surface area contributed by atoms with Gasteiger partial charge >= 0.3 is 0 Å². The molecule has 4 nitrogen and oxygen atoms in total. The molecule has 266 valence electrons. The van der Waals surface area contributed by atoms with Crippen LogP contribution in [0.3, 0.4) is 0 Å².